The number of nitriles is 1. The van der Waals surface area contributed by atoms with Crippen molar-refractivity contribution in [3.05, 3.63) is 70.9 Å². The maximum atomic E-state index is 12.1. The zero-order valence-corrected chi connectivity index (χ0v) is 10.1. The van der Waals surface area contributed by atoms with E-state index in [2.05, 4.69) is 11.4 Å². The lowest BCUT2D eigenvalue weighted by molar-refractivity contribution is 0.104. The first-order valence-electron chi connectivity index (χ1n) is 5.90. The van der Waals surface area contributed by atoms with Crippen LogP contribution < -0.4 is 5.32 Å². The minimum absolute atomic E-state index is 0.0000373. The van der Waals surface area contributed by atoms with E-state index in [-0.39, 0.29) is 5.78 Å². The van der Waals surface area contributed by atoms with Crippen LogP contribution in [-0.4, -0.2) is 5.78 Å². The molecule has 0 spiro atoms. The fraction of sp³-hybridized carbons (Fsp3) is 0. The van der Waals surface area contributed by atoms with E-state index in [1.807, 2.05) is 36.4 Å². The second-order valence-corrected chi connectivity index (χ2v) is 4.29. The first kappa shape index (κ1) is 11.2. The van der Waals surface area contributed by atoms with Crippen LogP contribution in [0.5, 0.6) is 0 Å². The largest absolute Gasteiger partial charge is 0.352 e. The average Bonchev–Trinajstić information content (AvgIpc) is 2.77. The Labute approximate surface area is 110 Å². The molecule has 0 unspecified atom stereocenters. The standard InChI is InChI=1S/C16H10N2O/c17-10-12-7-5-11(6-8-12)9-15-16(19)13-3-1-2-4-14(13)18-15/h1-9,18H. The van der Waals surface area contributed by atoms with Gasteiger partial charge in [-0.3, -0.25) is 4.79 Å². The number of anilines is 1. The summed E-state index contributed by atoms with van der Waals surface area (Å²) >= 11 is 0. The van der Waals surface area contributed by atoms with E-state index in [4.69, 9.17) is 5.26 Å². The molecule has 2 aromatic carbocycles. The fourth-order valence-corrected chi connectivity index (χ4v) is 2.06. The van der Waals surface area contributed by atoms with Gasteiger partial charge < -0.3 is 5.32 Å². The summed E-state index contributed by atoms with van der Waals surface area (Å²) in [5.74, 6) is -0.0000373. The highest BCUT2D eigenvalue weighted by molar-refractivity contribution is 6.20. The van der Waals surface area contributed by atoms with Gasteiger partial charge in [0, 0.05) is 11.3 Å². The van der Waals surface area contributed by atoms with Crippen LogP contribution in [0.1, 0.15) is 21.5 Å². The molecule has 19 heavy (non-hydrogen) atoms. The van der Waals surface area contributed by atoms with Crippen molar-refractivity contribution in [1.82, 2.24) is 0 Å². The van der Waals surface area contributed by atoms with E-state index in [1.165, 1.54) is 0 Å². The Kier molecular flexibility index (Phi) is 2.62. The minimum atomic E-state index is -0.0000373. The van der Waals surface area contributed by atoms with Gasteiger partial charge >= 0.3 is 0 Å². The van der Waals surface area contributed by atoms with E-state index in [1.54, 1.807) is 18.2 Å². The number of rotatable bonds is 1. The number of para-hydroxylation sites is 1. The molecule has 0 atom stereocenters. The van der Waals surface area contributed by atoms with Crippen molar-refractivity contribution in [2.75, 3.05) is 5.32 Å². The molecule has 0 aromatic heterocycles. The summed E-state index contributed by atoms with van der Waals surface area (Å²) in [5.41, 5.74) is 3.60. The highest BCUT2D eigenvalue weighted by Gasteiger charge is 2.23. The normalized spacial score (nSPS) is 14.9. The number of nitrogens with one attached hydrogen (secondary N) is 1. The Morgan fingerprint density at radius 1 is 1.05 bits per heavy atom. The Morgan fingerprint density at radius 2 is 1.79 bits per heavy atom. The predicted molar refractivity (Wildman–Crippen MR) is 73.5 cm³/mol. The lowest BCUT2D eigenvalue weighted by atomic mass is 10.1. The molecule has 3 heteroatoms. The van der Waals surface area contributed by atoms with Crippen LogP contribution in [0.15, 0.2) is 54.2 Å². The van der Waals surface area contributed by atoms with Crippen molar-refractivity contribution < 1.29 is 4.79 Å². The third-order valence-electron chi connectivity index (χ3n) is 3.04. The molecule has 90 valence electrons. The highest BCUT2D eigenvalue weighted by atomic mass is 16.1. The number of hydrogen-bond acceptors (Lipinski definition) is 3. The van der Waals surface area contributed by atoms with Gasteiger partial charge in [-0.05, 0) is 35.9 Å². The summed E-state index contributed by atoms with van der Waals surface area (Å²) in [7, 11) is 0. The van der Waals surface area contributed by atoms with Crippen molar-refractivity contribution in [2.45, 2.75) is 0 Å². The van der Waals surface area contributed by atoms with Crippen LogP contribution in [0.25, 0.3) is 6.08 Å². The summed E-state index contributed by atoms with van der Waals surface area (Å²) in [6.45, 7) is 0. The zero-order valence-electron chi connectivity index (χ0n) is 10.1. The van der Waals surface area contributed by atoms with E-state index >= 15 is 0 Å². The predicted octanol–water partition coefficient (Wildman–Crippen LogP) is 3.21. The number of Topliss-reactive ketones (excluding diaryl/α,β-unsaturated/α-hetero) is 1. The summed E-state index contributed by atoms with van der Waals surface area (Å²) in [6, 6.07) is 16.6. The second kappa shape index (κ2) is 4.43. The molecular formula is C16H10N2O. The highest BCUT2D eigenvalue weighted by Crippen LogP contribution is 2.28. The quantitative estimate of drug-likeness (QED) is 0.786. The molecule has 0 saturated heterocycles. The van der Waals surface area contributed by atoms with Gasteiger partial charge in [0.2, 0.25) is 5.78 Å². The van der Waals surface area contributed by atoms with Gasteiger partial charge in [0.15, 0.2) is 0 Å². The van der Waals surface area contributed by atoms with Crippen molar-refractivity contribution in [1.29, 1.82) is 5.26 Å². The van der Waals surface area contributed by atoms with Crippen LogP contribution in [0, 0.1) is 11.3 Å². The van der Waals surface area contributed by atoms with Crippen LogP contribution >= 0.6 is 0 Å². The molecule has 0 saturated carbocycles. The number of benzene rings is 2. The molecule has 3 rings (SSSR count). The van der Waals surface area contributed by atoms with Gasteiger partial charge in [0.05, 0.1) is 17.3 Å². The van der Waals surface area contributed by atoms with E-state index < -0.39 is 0 Å². The summed E-state index contributed by atoms with van der Waals surface area (Å²) < 4.78 is 0. The lowest BCUT2D eigenvalue weighted by Crippen LogP contribution is -1.99. The summed E-state index contributed by atoms with van der Waals surface area (Å²) in [4.78, 5) is 12.1. The third kappa shape index (κ3) is 2.00. The summed E-state index contributed by atoms with van der Waals surface area (Å²) in [6.07, 6.45) is 1.80. The van der Waals surface area contributed by atoms with Crippen LogP contribution in [-0.2, 0) is 0 Å². The Bertz CT molecular complexity index is 721. The fourth-order valence-electron chi connectivity index (χ4n) is 2.06. The van der Waals surface area contributed by atoms with E-state index in [0.29, 0.717) is 16.8 Å². The van der Waals surface area contributed by atoms with E-state index in [9.17, 15) is 4.79 Å². The molecule has 0 aliphatic carbocycles. The maximum absolute atomic E-state index is 12.1. The number of fused-ring (bicyclic) bond motifs is 1. The second-order valence-electron chi connectivity index (χ2n) is 4.29. The van der Waals surface area contributed by atoms with Crippen LogP contribution in [0.3, 0.4) is 0 Å². The van der Waals surface area contributed by atoms with Crippen molar-refractivity contribution >= 4 is 17.5 Å². The molecule has 0 radical (unpaired) electrons. The number of allylic oxidation sites excluding steroid dienone is 1. The number of carbonyl (C=O) groups excluding carboxylic acids is 1. The molecule has 2 aromatic rings. The molecule has 1 aliphatic heterocycles. The number of nitrogens with zero attached hydrogens (tertiary/aromatic N) is 1. The molecule has 1 heterocycles. The van der Waals surface area contributed by atoms with Gasteiger partial charge in [-0.15, -0.1) is 0 Å². The third-order valence-corrected chi connectivity index (χ3v) is 3.04. The van der Waals surface area contributed by atoms with Crippen molar-refractivity contribution in [2.24, 2.45) is 0 Å². The Balaban J connectivity index is 1.94. The van der Waals surface area contributed by atoms with Gasteiger partial charge in [-0.1, -0.05) is 24.3 Å². The van der Waals surface area contributed by atoms with Crippen LogP contribution in [0.2, 0.25) is 0 Å². The SMILES string of the molecule is N#Cc1ccc(C=C2Nc3ccccc3C2=O)cc1. The monoisotopic (exact) mass is 246 g/mol. The molecule has 0 fully saturated rings. The maximum Gasteiger partial charge on any atom is 0.211 e. The van der Waals surface area contributed by atoms with Gasteiger partial charge in [-0.25, -0.2) is 0 Å². The van der Waals surface area contributed by atoms with Crippen molar-refractivity contribution in [3.8, 4) is 6.07 Å². The lowest BCUT2D eigenvalue weighted by Gasteiger charge is -1.99. The minimum Gasteiger partial charge on any atom is -0.352 e. The number of carbonyl (C=O) groups is 1. The smallest absolute Gasteiger partial charge is 0.211 e. The molecule has 1 N–H and O–H groups in total. The topological polar surface area (TPSA) is 52.9 Å². The molecule has 0 bridgehead atoms. The zero-order chi connectivity index (χ0) is 13.2. The van der Waals surface area contributed by atoms with Gasteiger partial charge in [-0.2, -0.15) is 5.26 Å². The first-order chi connectivity index (χ1) is 9.28. The molecule has 1 aliphatic rings. The summed E-state index contributed by atoms with van der Waals surface area (Å²) in [5, 5.41) is 11.8. The van der Waals surface area contributed by atoms with Gasteiger partial charge in [0.1, 0.15) is 0 Å². The van der Waals surface area contributed by atoms with Crippen molar-refractivity contribution in [3.63, 3.8) is 0 Å². The number of hydrogen-bond donors (Lipinski definition) is 1. The Hall–Kier alpha value is -2.86. The van der Waals surface area contributed by atoms with Gasteiger partial charge in [0.25, 0.3) is 0 Å². The Morgan fingerprint density at radius 3 is 2.47 bits per heavy atom. The average molecular weight is 246 g/mol. The first-order valence-corrected chi connectivity index (χ1v) is 5.90. The van der Waals surface area contributed by atoms with Crippen LogP contribution in [0.4, 0.5) is 5.69 Å². The molecular weight excluding hydrogens is 236 g/mol. The van der Waals surface area contributed by atoms with E-state index in [0.717, 1.165) is 11.3 Å². The molecule has 0 amide bonds. The number of ketones is 1. The molecule has 3 nitrogen and oxygen atoms in total.